The maximum atomic E-state index is 9.10. The van der Waals surface area contributed by atoms with Gasteiger partial charge in [0.15, 0.2) is 0 Å². The lowest BCUT2D eigenvalue weighted by Crippen LogP contribution is -2.02. The predicted molar refractivity (Wildman–Crippen MR) is 65.3 cm³/mol. The van der Waals surface area contributed by atoms with Gasteiger partial charge in [0.1, 0.15) is 11.8 Å². The molecule has 0 aliphatic heterocycles. The molecule has 0 saturated carbocycles. The molecule has 0 spiro atoms. The molecule has 1 aromatic rings. The minimum atomic E-state index is 0.518. The summed E-state index contributed by atoms with van der Waals surface area (Å²) >= 11 is 5.91. The molecule has 1 rings (SSSR count). The zero-order valence-electron chi connectivity index (χ0n) is 9.49. The van der Waals surface area contributed by atoms with E-state index in [0.717, 1.165) is 0 Å². The lowest BCUT2D eigenvalue weighted by atomic mass is 10.1. The number of hydrogen-bond donors (Lipinski definition) is 0. The first-order valence-corrected chi connectivity index (χ1v) is 5.08. The molecule has 0 aliphatic carbocycles. The van der Waals surface area contributed by atoms with Crippen molar-refractivity contribution in [2.45, 2.75) is 0 Å². The number of methoxy groups -OCH3 is 1. The highest BCUT2D eigenvalue weighted by Crippen LogP contribution is 2.28. The molecule has 0 fully saturated rings. The monoisotopic (exact) mass is 236 g/mol. The first-order valence-electron chi connectivity index (χ1n) is 4.70. The zero-order chi connectivity index (χ0) is 12.1. The second kappa shape index (κ2) is 5.43. The van der Waals surface area contributed by atoms with Gasteiger partial charge in [0.25, 0.3) is 0 Å². The highest BCUT2D eigenvalue weighted by molar-refractivity contribution is 6.30. The maximum Gasteiger partial charge on any atom is 0.127 e. The lowest BCUT2D eigenvalue weighted by molar-refractivity contribution is 0.413. The van der Waals surface area contributed by atoms with E-state index >= 15 is 0 Å². The summed E-state index contributed by atoms with van der Waals surface area (Å²) < 4.78 is 5.20. The highest BCUT2D eigenvalue weighted by Gasteiger charge is 2.09. The Morgan fingerprint density at radius 2 is 2.19 bits per heavy atom. The number of nitriles is 1. The van der Waals surface area contributed by atoms with Crippen LogP contribution in [0.1, 0.15) is 5.56 Å². The van der Waals surface area contributed by atoms with E-state index in [9.17, 15) is 0 Å². The lowest BCUT2D eigenvalue weighted by Gasteiger charge is -2.10. The molecule has 16 heavy (non-hydrogen) atoms. The van der Waals surface area contributed by atoms with Crippen LogP contribution in [0.15, 0.2) is 24.4 Å². The molecule has 0 atom stereocenters. The van der Waals surface area contributed by atoms with E-state index in [2.05, 4.69) is 6.07 Å². The van der Waals surface area contributed by atoms with Crippen molar-refractivity contribution in [3.8, 4) is 11.8 Å². The smallest absolute Gasteiger partial charge is 0.127 e. The molecule has 3 nitrogen and oxygen atoms in total. The Morgan fingerprint density at radius 1 is 1.50 bits per heavy atom. The quantitative estimate of drug-likeness (QED) is 0.758. The van der Waals surface area contributed by atoms with Gasteiger partial charge in [-0.05, 0) is 18.2 Å². The normalized spacial score (nSPS) is 10.8. The third-order valence-electron chi connectivity index (χ3n) is 1.96. The van der Waals surface area contributed by atoms with Crippen molar-refractivity contribution >= 4 is 17.2 Å². The highest BCUT2D eigenvalue weighted by atomic mass is 35.5. The number of nitrogens with zero attached hydrogens (tertiary/aromatic N) is 2. The Bertz CT molecular complexity index is 447. The van der Waals surface area contributed by atoms with Crippen LogP contribution < -0.4 is 4.74 Å². The maximum absolute atomic E-state index is 9.10. The van der Waals surface area contributed by atoms with E-state index in [0.29, 0.717) is 21.9 Å². The number of benzene rings is 1. The fourth-order valence-electron chi connectivity index (χ4n) is 1.31. The Labute approximate surface area is 101 Å². The van der Waals surface area contributed by atoms with Crippen molar-refractivity contribution in [2.24, 2.45) is 0 Å². The van der Waals surface area contributed by atoms with Crippen LogP contribution in [-0.4, -0.2) is 26.1 Å². The van der Waals surface area contributed by atoms with Gasteiger partial charge in [-0.2, -0.15) is 5.26 Å². The molecular formula is C12H13ClN2O. The van der Waals surface area contributed by atoms with Crippen LogP contribution in [-0.2, 0) is 0 Å². The summed E-state index contributed by atoms with van der Waals surface area (Å²) in [5.41, 5.74) is 1.22. The molecular weight excluding hydrogens is 224 g/mol. The summed E-state index contributed by atoms with van der Waals surface area (Å²) in [6, 6.07) is 7.33. The summed E-state index contributed by atoms with van der Waals surface area (Å²) in [6.45, 7) is 0. The molecule has 0 bridgehead atoms. The second-order valence-corrected chi connectivity index (χ2v) is 3.90. The number of rotatable bonds is 3. The Kier molecular flexibility index (Phi) is 4.21. The largest absolute Gasteiger partial charge is 0.496 e. The van der Waals surface area contributed by atoms with Gasteiger partial charge in [-0.25, -0.2) is 0 Å². The number of ether oxygens (including phenoxy) is 1. The summed E-state index contributed by atoms with van der Waals surface area (Å²) in [7, 11) is 5.28. The molecule has 0 amide bonds. The van der Waals surface area contributed by atoms with Gasteiger partial charge >= 0.3 is 0 Å². The molecule has 0 N–H and O–H groups in total. The third-order valence-corrected chi connectivity index (χ3v) is 2.19. The summed E-state index contributed by atoms with van der Waals surface area (Å²) in [5, 5.41) is 9.67. The molecule has 0 unspecified atom stereocenters. The van der Waals surface area contributed by atoms with Gasteiger partial charge in [-0.15, -0.1) is 0 Å². The van der Waals surface area contributed by atoms with Gasteiger partial charge in [-0.3, -0.25) is 0 Å². The summed E-state index contributed by atoms with van der Waals surface area (Å²) in [6.07, 6.45) is 1.73. The molecule has 0 radical (unpaired) electrons. The van der Waals surface area contributed by atoms with E-state index in [1.165, 1.54) is 0 Å². The van der Waals surface area contributed by atoms with Gasteiger partial charge in [0, 0.05) is 30.9 Å². The standard InChI is InChI=1S/C12H13ClN2O/c1-15(2)8-9(7-14)11-6-10(13)4-5-12(11)16-3/h4-6,8H,1-3H3/b9-8+. The number of hydrogen-bond acceptors (Lipinski definition) is 3. The van der Waals surface area contributed by atoms with E-state index < -0.39 is 0 Å². The van der Waals surface area contributed by atoms with Crippen molar-refractivity contribution in [3.63, 3.8) is 0 Å². The van der Waals surface area contributed by atoms with Crippen LogP contribution in [0.2, 0.25) is 5.02 Å². The van der Waals surface area contributed by atoms with Crippen molar-refractivity contribution in [1.82, 2.24) is 4.90 Å². The van der Waals surface area contributed by atoms with Gasteiger partial charge in [0.05, 0.1) is 12.7 Å². The Hall–Kier alpha value is -1.66. The van der Waals surface area contributed by atoms with E-state index in [1.54, 1.807) is 36.4 Å². The van der Waals surface area contributed by atoms with Crippen molar-refractivity contribution in [3.05, 3.63) is 35.0 Å². The van der Waals surface area contributed by atoms with Gasteiger partial charge in [0.2, 0.25) is 0 Å². The average molecular weight is 237 g/mol. The first-order chi connectivity index (χ1) is 7.58. The number of halogens is 1. The molecule has 84 valence electrons. The van der Waals surface area contributed by atoms with E-state index in [-0.39, 0.29) is 0 Å². The van der Waals surface area contributed by atoms with E-state index in [4.69, 9.17) is 21.6 Å². The van der Waals surface area contributed by atoms with Crippen LogP contribution >= 0.6 is 11.6 Å². The van der Waals surface area contributed by atoms with Gasteiger partial charge < -0.3 is 9.64 Å². The topological polar surface area (TPSA) is 36.3 Å². The van der Waals surface area contributed by atoms with Crippen LogP contribution in [0.3, 0.4) is 0 Å². The summed E-state index contributed by atoms with van der Waals surface area (Å²) in [4.78, 5) is 1.80. The molecule has 0 heterocycles. The van der Waals surface area contributed by atoms with Crippen LogP contribution in [0.4, 0.5) is 0 Å². The predicted octanol–water partition coefficient (Wildman–Crippen LogP) is 2.77. The minimum absolute atomic E-state index is 0.518. The zero-order valence-corrected chi connectivity index (χ0v) is 10.2. The van der Waals surface area contributed by atoms with Gasteiger partial charge in [-0.1, -0.05) is 11.6 Å². The molecule has 0 aliphatic rings. The van der Waals surface area contributed by atoms with Crippen LogP contribution in [0, 0.1) is 11.3 Å². The average Bonchev–Trinajstić information content (AvgIpc) is 2.25. The fraction of sp³-hybridized carbons (Fsp3) is 0.250. The van der Waals surface area contributed by atoms with Crippen molar-refractivity contribution in [1.29, 1.82) is 5.26 Å². The SMILES string of the molecule is COc1ccc(Cl)cc1/C(C#N)=C/N(C)C. The fourth-order valence-corrected chi connectivity index (χ4v) is 1.48. The molecule has 0 saturated heterocycles. The van der Waals surface area contributed by atoms with E-state index in [1.807, 2.05) is 14.1 Å². The van der Waals surface area contributed by atoms with Crippen molar-refractivity contribution < 1.29 is 4.74 Å². The minimum Gasteiger partial charge on any atom is -0.496 e. The Morgan fingerprint density at radius 3 is 2.69 bits per heavy atom. The first kappa shape index (κ1) is 12.4. The Balaban J connectivity index is 3.30. The molecule has 1 aromatic carbocycles. The van der Waals surface area contributed by atoms with Crippen LogP contribution in [0.25, 0.3) is 5.57 Å². The second-order valence-electron chi connectivity index (χ2n) is 3.46. The number of allylic oxidation sites excluding steroid dienone is 1. The molecule has 0 aromatic heterocycles. The van der Waals surface area contributed by atoms with Crippen LogP contribution in [0.5, 0.6) is 5.75 Å². The van der Waals surface area contributed by atoms with Crippen molar-refractivity contribution in [2.75, 3.05) is 21.2 Å². The summed E-state index contributed by atoms with van der Waals surface area (Å²) in [5.74, 6) is 0.638. The molecule has 4 heteroatoms. The third kappa shape index (κ3) is 2.91.